The van der Waals surface area contributed by atoms with E-state index in [0.29, 0.717) is 52.7 Å². The van der Waals surface area contributed by atoms with Gasteiger partial charge in [0, 0.05) is 49.4 Å². The third kappa shape index (κ3) is 4.75. The van der Waals surface area contributed by atoms with Crippen molar-refractivity contribution < 1.29 is 22.4 Å². The van der Waals surface area contributed by atoms with Crippen molar-refractivity contribution in [1.82, 2.24) is 24.4 Å². The number of nitrogens with zero attached hydrogens (tertiary/aromatic N) is 5. The van der Waals surface area contributed by atoms with Crippen LogP contribution in [0.3, 0.4) is 0 Å². The SMILES string of the molecule is O=C(c1cc2nc(-c3cccs3)cc(C(F)(F)F)n2n1)N1CCN(Cc2c(F)cccc2Cl)CC1. The number of carbonyl (C=O) groups excluding carboxylic acids is 1. The fourth-order valence-corrected chi connectivity index (χ4v) is 4.92. The Labute approximate surface area is 206 Å². The van der Waals surface area contributed by atoms with Crippen LogP contribution in [-0.2, 0) is 12.7 Å². The van der Waals surface area contributed by atoms with Crippen molar-refractivity contribution in [3.63, 3.8) is 0 Å². The minimum atomic E-state index is -4.68. The van der Waals surface area contributed by atoms with Gasteiger partial charge in [-0.15, -0.1) is 11.3 Å². The number of hydrogen-bond acceptors (Lipinski definition) is 5. The van der Waals surface area contributed by atoms with E-state index in [4.69, 9.17) is 11.6 Å². The molecular weight excluding hydrogens is 506 g/mol. The highest BCUT2D eigenvalue weighted by Gasteiger charge is 2.36. The van der Waals surface area contributed by atoms with Crippen LogP contribution in [0.25, 0.3) is 16.2 Å². The molecule has 0 bridgehead atoms. The summed E-state index contributed by atoms with van der Waals surface area (Å²) < 4.78 is 56.0. The Morgan fingerprint density at radius 3 is 2.51 bits per heavy atom. The van der Waals surface area contributed by atoms with Crippen LogP contribution in [0, 0.1) is 5.82 Å². The van der Waals surface area contributed by atoms with Crippen LogP contribution in [0.1, 0.15) is 21.7 Å². The molecule has 0 saturated carbocycles. The minimum Gasteiger partial charge on any atom is -0.335 e. The summed E-state index contributed by atoms with van der Waals surface area (Å²) in [5.74, 6) is -0.875. The lowest BCUT2D eigenvalue weighted by atomic mass is 10.1. The number of thiophene rings is 1. The molecule has 1 aliphatic rings. The molecule has 0 radical (unpaired) electrons. The molecule has 4 heterocycles. The van der Waals surface area contributed by atoms with E-state index in [2.05, 4.69) is 10.1 Å². The smallest absolute Gasteiger partial charge is 0.335 e. The van der Waals surface area contributed by atoms with Gasteiger partial charge in [0.05, 0.1) is 10.6 Å². The lowest BCUT2D eigenvalue weighted by molar-refractivity contribution is -0.142. The standard InChI is InChI=1S/C23H18ClF4N5OS/c24-15-3-1-4-16(25)14(15)13-31-6-8-32(9-7-31)22(34)18-12-21-29-17(19-5-2-10-35-19)11-20(23(26,27)28)33(21)30-18/h1-5,10-12H,6-9,13H2. The Bertz CT molecular complexity index is 1360. The van der Waals surface area contributed by atoms with Crippen LogP contribution in [0.5, 0.6) is 0 Å². The second-order valence-electron chi connectivity index (χ2n) is 8.07. The molecule has 1 aliphatic heterocycles. The maximum absolute atomic E-state index is 14.1. The number of fused-ring (bicyclic) bond motifs is 1. The molecule has 35 heavy (non-hydrogen) atoms. The van der Waals surface area contributed by atoms with Gasteiger partial charge in [-0.25, -0.2) is 13.9 Å². The van der Waals surface area contributed by atoms with Crippen molar-refractivity contribution in [3.05, 3.63) is 75.6 Å². The molecule has 1 aromatic carbocycles. The summed E-state index contributed by atoms with van der Waals surface area (Å²) in [7, 11) is 0. The zero-order valence-electron chi connectivity index (χ0n) is 18.1. The molecule has 3 aromatic heterocycles. The van der Waals surface area contributed by atoms with Gasteiger partial charge in [-0.05, 0) is 29.6 Å². The van der Waals surface area contributed by atoms with Crippen LogP contribution in [0.2, 0.25) is 5.02 Å². The quantitative estimate of drug-likeness (QED) is 0.344. The molecule has 0 aliphatic carbocycles. The van der Waals surface area contributed by atoms with Crippen molar-refractivity contribution in [2.75, 3.05) is 26.2 Å². The Morgan fingerprint density at radius 2 is 1.86 bits per heavy atom. The molecule has 12 heteroatoms. The number of hydrogen-bond donors (Lipinski definition) is 0. The molecule has 1 fully saturated rings. The lowest BCUT2D eigenvalue weighted by Crippen LogP contribution is -2.48. The van der Waals surface area contributed by atoms with Gasteiger partial charge in [0.15, 0.2) is 17.0 Å². The van der Waals surface area contributed by atoms with Gasteiger partial charge in [-0.1, -0.05) is 23.7 Å². The van der Waals surface area contributed by atoms with Gasteiger partial charge in [-0.3, -0.25) is 9.69 Å². The number of alkyl halides is 3. The van der Waals surface area contributed by atoms with E-state index in [1.807, 2.05) is 4.90 Å². The number of amides is 1. The lowest BCUT2D eigenvalue weighted by Gasteiger charge is -2.34. The molecule has 5 rings (SSSR count). The normalized spacial score (nSPS) is 15.2. The van der Waals surface area contributed by atoms with Gasteiger partial charge >= 0.3 is 6.18 Å². The number of carbonyl (C=O) groups is 1. The highest BCUT2D eigenvalue weighted by atomic mass is 35.5. The van der Waals surface area contributed by atoms with Gasteiger partial charge in [0.25, 0.3) is 5.91 Å². The van der Waals surface area contributed by atoms with Crippen LogP contribution in [-0.4, -0.2) is 56.5 Å². The highest BCUT2D eigenvalue weighted by Crippen LogP contribution is 2.33. The summed E-state index contributed by atoms with van der Waals surface area (Å²) in [6.45, 7) is 1.85. The first-order chi connectivity index (χ1) is 16.7. The fourth-order valence-electron chi connectivity index (χ4n) is 4.01. The molecule has 0 spiro atoms. The predicted octanol–water partition coefficient (Wildman–Crippen LogP) is 5.23. The van der Waals surface area contributed by atoms with Gasteiger partial charge in [0.2, 0.25) is 0 Å². The Kier molecular flexibility index (Phi) is 6.24. The summed E-state index contributed by atoms with van der Waals surface area (Å²) in [6.07, 6.45) is -4.68. The summed E-state index contributed by atoms with van der Waals surface area (Å²) in [5.41, 5.74) is -0.617. The molecule has 1 amide bonds. The van der Waals surface area contributed by atoms with Crippen molar-refractivity contribution in [2.45, 2.75) is 12.7 Å². The molecule has 0 N–H and O–H groups in total. The Balaban J connectivity index is 1.36. The summed E-state index contributed by atoms with van der Waals surface area (Å²) in [4.78, 5) is 21.4. The molecule has 6 nitrogen and oxygen atoms in total. The largest absolute Gasteiger partial charge is 0.433 e. The molecule has 182 valence electrons. The minimum absolute atomic E-state index is 0.0561. The van der Waals surface area contributed by atoms with Gasteiger partial charge in [-0.2, -0.15) is 18.3 Å². The Hall–Kier alpha value is -3.02. The van der Waals surface area contributed by atoms with Crippen molar-refractivity contribution in [3.8, 4) is 10.6 Å². The van der Waals surface area contributed by atoms with Crippen molar-refractivity contribution in [1.29, 1.82) is 0 Å². The Morgan fingerprint density at radius 1 is 1.09 bits per heavy atom. The number of aromatic nitrogens is 3. The highest BCUT2D eigenvalue weighted by molar-refractivity contribution is 7.13. The number of halogens is 5. The number of rotatable bonds is 4. The van der Waals surface area contributed by atoms with E-state index < -0.39 is 23.6 Å². The van der Waals surface area contributed by atoms with E-state index in [9.17, 15) is 22.4 Å². The van der Waals surface area contributed by atoms with E-state index >= 15 is 0 Å². The maximum Gasteiger partial charge on any atom is 0.433 e. The molecule has 4 aromatic rings. The van der Waals surface area contributed by atoms with E-state index in [0.717, 1.165) is 6.07 Å². The van der Waals surface area contributed by atoms with Crippen LogP contribution in [0.15, 0.2) is 47.8 Å². The molecule has 0 unspecified atom stereocenters. The van der Waals surface area contributed by atoms with Crippen LogP contribution >= 0.6 is 22.9 Å². The molecular formula is C23H18ClF4N5OS. The second kappa shape index (κ2) is 9.21. The van der Waals surface area contributed by atoms with Crippen LogP contribution < -0.4 is 0 Å². The third-order valence-corrected chi connectivity index (χ3v) is 7.06. The van der Waals surface area contributed by atoms with E-state index in [-0.39, 0.29) is 17.0 Å². The second-order valence-corrected chi connectivity index (χ2v) is 9.42. The average molecular weight is 524 g/mol. The van der Waals surface area contributed by atoms with Gasteiger partial charge in [0.1, 0.15) is 5.82 Å². The topological polar surface area (TPSA) is 53.7 Å². The van der Waals surface area contributed by atoms with Crippen LogP contribution in [0.4, 0.5) is 17.6 Å². The third-order valence-electron chi connectivity index (χ3n) is 5.81. The summed E-state index contributed by atoms with van der Waals surface area (Å²) in [5, 5.41) is 6.04. The zero-order chi connectivity index (χ0) is 24.7. The first-order valence-electron chi connectivity index (χ1n) is 10.7. The zero-order valence-corrected chi connectivity index (χ0v) is 19.7. The number of benzene rings is 1. The average Bonchev–Trinajstić information content (AvgIpc) is 3.50. The van der Waals surface area contributed by atoms with Crippen molar-refractivity contribution >= 4 is 34.5 Å². The summed E-state index contributed by atoms with van der Waals surface area (Å²) >= 11 is 7.38. The fraction of sp³-hybridized carbons (Fsp3) is 0.261. The summed E-state index contributed by atoms with van der Waals surface area (Å²) in [6, 6.07) is 10.1. The first kappa shape index (κ1) is 23.7. The van der Waals surface area contributed by atoms with E-state index in [1.165, 1.54) is 34.4 Å². The predicted molar refractivity (Wildman–Crippen MR) is 124 cm³/mol. The number of piperazine rings is 1. The monoisotopic (exact) mass is 523 g/mol. The van der Waals surface area contributed by atoms with E-state index in [1.54, 1.807) is 23.6 Å². The van der Waals surface area contributed by atoms with Gasteiger partial charge < -0.3 is 4.90 Å². The van der Waals surface area contributed by atoms with Crippen molar-refractivity contribution in [2.24, 2.45) is 0 Å². The first-order valence-corrected chi connectivity index (χ1v) is 11.9. The maximum atomic E-state index is 14.1. The molecule has 0 atom stereocenters. The molecule has 1 saturated heterocycles.